The maximum absolute atomic E-state index is 5.88. The van der Waals surface area contributed by atoms with Crippen LogP contribution in [0.25, 0.3) is 0 Å². The molecule has 2 atom stereocenters. The third-order valence-corrected chi connectivity index (χ3v) is 3.41. The fourth-order valence-electron chi connectivity index (χ4n) is 2.35. The Morgan fingerprint density at radius 2 is 2.00 bits per heavy atom. The van der Waals surface area contributed by atoms with Crippen molar-refractivity contribution in [1.29, 1.82) is 0 Å². The standard InChI is InChI=1S/C15H23NO/c1-11(2)16-10-14-8-9-17-15(14)13-6-4-12(3)5-7-13/h4-7,11,14-16H,8-10H2,1-3H3. The Morgan fingerprint density at radius 3 is 2.65 bits per heavy atom. The second kappa shape index (κ2) is 5.65. The molecule has 0 aromatic heterocycles. The minimum atomic E-state index is 0.279. The summed E-state index contributed by atoms with van der Waals surface area (Å²) in [6.45, 7) is 8.45. The third kappa shape index (κ3) is 3.30. The molecule has 0 bridgehead atoms. The van der Waals surface area contributed by atoms with E-state index in [4.69, 9.17) is 4.74 Å². The van der Waals surface area contributed by atoms with Crippen molar-refractivity contribution in [2.45, 2.75) is 39.3 Å². The topological polar surface area (TPSA) is 21.3 Å². The van der Waals surface area contributed by atoms with E-state index in [2.05, 4.69) is 50.4 Å². The van der Waals surface area contributed by atoms with E-state index < -0.39 is 0 Å². The SMILES string of the molecule is Cc1ccc(C2OCCC2CNC(C)C)cc1. The summed E-state index contributed by atoms with van der Waals surface area (Å²) in [5.41, 5.74) is 2.63. The van der Waals surface area contributed by atoms with E-state index in [1.807, 2.05) is 0 Å². The van der Waals surface area contributed by atoms with Crippen LogP contribution in [0.4, 0.5) is 0 Å². The van der Waals surface area contributed by atoms with Crippen LogP contribution in [0.2, 0.25) is 0 Å². The molecule has 1 aliphatic heterocycles. The van der Waals surface area contributed by atoms with Gasteiger partial charge in [0.15, 0.2) is 0 Å². The second-order valence-corrected chi connectivity index (χ2v) is 5.31. The molecule has 2 nitrogen and oxygen atoms in total. The molecule has 0 amide bonds. The lowest BCUT2D eigenvalue weighted by Gasteiger charge is -2.20. The van der Waals surface area contributed by atoms with Crippen molar-refractivity contribution >= 4 is 0 Å². The molecule has 0 radical (unpaired) electrons. The van der Waals surface area contributed by atoms with Gasteiger partial charge >= 0.3 is 0 Å². The molecule has 0 saturated carbocycles. The molecule has 94 valence electrons. The first kappa shape index (κ1) is 12.6. The van der Waals surface area contributed by atoms with Crippen molar-refractivity contribution in [1.82, 2.24) is 5.32 Å². The summed E-state index contributed by atoms with van der Waals surface area (Å²) in [6.07, 6.45) is 1.44. The molecule has 2 heteroatoms. The fraction of sp³-hybridized carbons (Fsp3) is 0.600. The van der Waals surface area contributed by atoms with Crippen LogP contribution in [0.3, 0.4) is 0 Å². The Kier molecular flexibility index (Phi) is 4.19. The van der Waals surface area contributed by atoms with Crippen LogP contribution in [-0.2, 0) is 4.74 Å². The summed E-state index contributed by atoms with van der Waals surface area (Å²) in [5, 5.41) is 3.52. The van der Waals surface area contributed by atoms with Crippen LogP contribution in [0, 0.1) is 12.8 Å². The van der Waals surface area contributed by atoms with Crippen molar-refractivity contribution < 1.29 is 4.74 Å². The van der Waals surface area contributed by atoms with Crippen molar-refractivity contribution in [3.63, 3.8) is 0 Å². The predicted octanol–water partition coefficient (Wildman–Crippen LogP) is 3.07. The van der Waals surface area contributed by atoms with Gasteiger partial charge in [0.1, 0.15) is 0 Å². The summed E-state index contributed by atoms with van der Waals surface area (Å²) in [7, 11) is 0. The second-order valence-electron chi connectivity index (χ2n) is 5.31. The average molecular weight is 233 g/mol. The number of aryl methyl sites for hydroxylation is 1. The Morgan fingerprint density at radius 1 is 1.29 bits per heavy atom. The number of benzene rings is 1. The molecule has 2 rings (SSSR count). The lowest BCUT2D eigenvalue weighted by Crippen LogP contribution is -2.30. The van der Waals surface area contributed by atoms with Crippen LogP contribution >= 0.6 is 0 Å². The average Bonchev–Trinajstić information content (AvgIpc) is 2.75. The fourth-order valence-corrected chi connectivity index (χ4v) is 2.35. The minimum absolute atomic E-state index is 0.279. The van der Waals surface area contributed by atoms with E-state index in [0.717, 1.165) is 19.6 Å². The Bertz CT molecular complexity index is 344. The van der Waals surface area contributed by atoms with E-state index >= 15 is 0 Å². The molecule has 2 unspecified atom stereocenters. The highest BCUT2D eigenvalue weighted by molar-refractivity contribution is 5.24. The van der Waals surface area contributed by atoms with Crippen LogP contribution in [-0.4, -0.2) is 19.2 Å². The highest BCUT2D eigenvalue weighted by atomic mass is 16.5. The summed E-state index contributed by atoms with van der Waals surface area (Å²) >= 11 is 0. The number of nitrogens with one attached hydrogen (secondary N) is 1. The molecule has 0 aliphatic carbocycles. The van der Waals surface area contributed by atoms with Gasteiger partial charge in [-0.25, -0.2) is 0 Å². The lowest BCUT2D eigenvalue weighted by molar-refractivity contribution is 0.0901. The predicted molar refractivity (Wildman–Crippen MR) is 71.1 cm³/mol. The molecule has 1 aromatic carbocycles. The number of rotatable bonds is 4. The Labute approximate surface area is 104 Å². The maximum atomic E-state index is 5.88. The largest absolute Gasteiger partial charge is 0.373 e. The zero-order chi connectivity index (χ0) is 12.3. The summed E-state index contributed by atoms with van der Waals surface area (Å²) < 4.78 is 5.88. The third-order valence-electron chi connectivity index (χ3n) is 3.41. The first-order valence-electron chi connectivity index (χ1n) is 6.58. The van der Waals surface area contributed by atoms with Gasteiger partial charge < -0.3 is 10.1 Å². The van der Waals surface area contributed by atoms with E-state index in [-0.39, 0.29) is 6.10 Å². The number of hydrogen-bond acceptors (Lipinski definition) is 2. The first-order valence-corrected chi connectivity index (χ1v) is 6.58. The monoisotopic (exact) mass is 233 g/mol. The smallest absolute Gasteiger partial charge is 0.0866 e. The van der Waals surface area contributed by atoms with E-state index in [9.17, 15) is 0 Å². The molecule has 17 heavy (non-hydrogen) atoms. The molecule has 1 saturated heterocycles. The van der Waals surface area contributed by atoms with Gasteiger partial charge in [-0.15, -0.1) is 0 Å². The Balaban J connectivity index is 2.01. The quantitative estimate of drug-likeness (QED) is 0.863. The molecule has 1 fully saturated rings. The zero-order valence-electron chi connectivity index (χ0n) is 11.1. The van der Waals surface area contributed by atoms with Crippen molar-refractivity contribution in [2.24, 2.45) is 5.92 Å². The van der Waals surface area contributed by atoms with Crippen LogP contribution in [0.15, 0.2) is 24.3 Å². The summed E-state index contributed by atoms with van der Waals surface area (Å²) in [4.78, 5) is 0. The molecule has 1 aliphatic rings. The first-order chi connectivity index (χ1) is 8.16. The molecular weight excluding hydrogens is 210 g/mol. The van der Waals surface area contributed by atoms with Gasteiger partial charge in [0, 0.05) is 25.1 Å². The zero-order valence-corrected chi connectivity index (χ0v) is 11.1. The van der Waals surface area contributed by atoms with Gasteiger partial charge in [0.25, 0.3) is 0 Å². The highest BCUT2D eigenvalue weighted by Crippen LogP contribution is 2.34. The van der Waals surface area contributed by atoms with E-state index in [0.29, 0.717) is 12.0 Å². The highest BCUT2D eigenvalue weighted by Gasteiger charge is 2.29. The van der Waals surface area contributed by atoms with Gasteiger partial charge in [0.2, 0.25) is 0 Å². The lowest BCUT2D eigenvalue weighted by atomic mass is 9.94. The normalized spacial score (nSPS) is 24.5. The van der Waals surface area contributed by atoms with E-state index in [1.165, 1.54) is 11.1 Å². The minimum Gasteiger partial charge on any atom is -0.373 e. The number of ether oxygens (including phenoxy) is 1. The van der Waals surface area contributed by atoms with Gasteiger partial charge in [0.05, 0.1) is 6.10 Å². The van der Waals surface area contributed by atoms with Crippen molar-refractivity contribution in [3.8, 4) is 0 Å². The summed E-state index contributed by atoms with van der Waals surface area (Å²) in [5.74, 6) is 0.611. The molecule has 1 aromatic rings. The van der Waals surface area contributed by atoms with E-state index in [1.54, 1.807) is 0 Å². The summed E-state index contributed by atoms with van der Waals surface area (Å²) in [6, 6.07) is 9.30. The van der Waals surface area contributed by atoms with Crippen molar-refractivity contribution in [3.05, 3.63) is 35.4 Å². The molecule has 1 heterocycles. The Hall–Kier alpha value is -0.860. The van der Waals surface area contributed by atoms with Crippen LogP contribution in [0.5, 0.6) is 0 Å². The van der Waals surface area contributed by atoms with Crippen LogP contribution in [0.1, 0.15) is 37.5 Å². The van der Waals surface area contributed by atoms with Gasteiger partial charge in [-0.3, -0.25) is 0 Å². The van der Waals surface area contributed by atoms with Gasteiger partial charge in [-0.05, 0) is 18.9 Å². The van der Waals surface area contributed by atoms with Crippen molar-refractivity contribution in [2.75, 3.05) is 13.2 Å². The van der Waals surface area contributed by atoms with Crippen LogP contribution < -0.4 is 5.32 Å². The van der Waals surface area contributed by atoms with Gasteiger partial charge in [-0.1, -0.05) is 43.7 Å². The maximum Gasteiger partial charge on any atom is 0.0866 e. The molecule has 1 N–H and O–H groups in total. The number of hydrogen-bond donors (Lipinski definition) is 1. The molecular formula is C15H23NO. The molecule has 0 spiro atoms. The van der Waals surface area contributed by atoms with Gasteiger partial charge in [-0.2, -0.15) is 0 Å².